The molecule has 1 aromatic carbocycles. The Labute approximate surface area is 134 Å². The largest absolute Gasteiger partial charge is 0.870 e. The molecule has 0 saturated heterocycles. The second kappa shape index (κ2) is 7.00. The molecule has 0 unspecified atom stereocenters. The summed E-state index contributed by atoms with van der Waals surface area (Å²) in [6.07, 6.45) is 0. The molecular weight excluding hydrogens is 298 g/mol. The van der Waals surface area contributed by atoms with Crippen molar-refractivity contribution in [2.75, 3.05) is 13.2 Å². The van der Waals surface area contributed by atoms with Gasteiger partial charge >= 0.3 is 11.9 Å². The van der Waals surface area contributed by atoms with Gasteiger partial charge in [-0.1, -0.05) is 36.1 Å². The first-order valence-corrected chi connectivity index (χ1v) is 7.32. The Morgan fingerprint density at radius 3 is 2.17 bits per heavy atom. The third-order valence-corrected chi connectivity index (χ3v) is 3.35. The lowest BCUT2D eigenvalue weighted by Crippen LogP contribution is -2.13. The van der Waals surface area contributed by atoms with Crippen molar-refractivity contribution in [3.05, 3.63) is 41.6 Å². The average molecular weight is 316 g/mol. The Morgan fingerprint density at radius 1 is 1.04 bits per heavy atom. The van der Waals surface area contributed by atoms with Crippen LogP contribution in [0.3, 0.4) is 0 Å². The normalized spacial score (nSPS) is 10.4. The summed E-state index contributed by atoms with van der Waals surface area (Å²) in [6.45, 7) is 3.57. The predicted molar refractivity (Wildman–Crippen MR) is 82.2 cm³/mol. The fourth-order valence-electron chi connectivity index (χ4n) is 2.41. The van der Waals surface area contributed by atoms with Crippen LogP contribution in [0, 0.1) is 0 Å². The molecular formula is C17H18NO5-. The van der Waals surface area contributed by atoms with Gasteiger partial charge in [0.2, 0.25) is 0 Å². The first kappa shape index (κ1) is 16.6. The summed E-state index contributed by atoms with van der Waals surface area (Å²) in [6, 6.07) is 8.90. The minimum Gasteiger partial charge on any atom is -0.870 e. The number of esters is 2. The van der Waals surface area contributed by atoms with Gasteiger partial charge in [-0.15, -0.1) is 0 Å². The molecule has 1 aromatic heterocycles. The lowest BCUT2D eigenvalue weighted by atomic mass is 10.1. The molecule has 0 amide bonds. The predicted octanol–water partition coefficient (Wildman–Crippen LogP) is 2.12. The lowest BCUT2D eigenvalue weighted by Gasteiger charge is -2.10. The van der Waals surface area contributed by atoms with E-state index in [9.17, 15) is 14.7 Å². The van der Waals surface area contributed by atoms with Gasteiger partial charge in [0.25, 0.3) is 0 Å². The molecule has 2 aromatic rings. The van der Waals surface area contributed by atoms with E-state index < -0.39 is 17.7 Å². The van der Waals surface area contributed by atoms with E-state index in [0.717, 1.165) is 0 Å². The van der Waals surface area contributed by atoms with E-state index in [1.165, 1.54) is 4.57 Å². The molecule has 6 heteroatoms. The average Bonchev–Trinajstić information content (AvgIpc) is 2.79. The second-order valence-electron chi connectivity index (χ2n) is 4.77. The second-order valence-corrected chi connectivity index (χ2v) is 4.77. The Kier molecular flexibility index (Phi) is 5.05. The summed E-state index contributed by atoms with van der Waals surface area (Å²) in [4.78, 5) is 24.3. The van der Waals surface area contributed by atoms with Gasteiger partial charge in [-0.05, 0) is 19.4 Å². The van der Waals surface area contributed by atoms with Crippen LogP contribution < -0.4 is 5.11 Å². The van der Waals surface area contributed by atoms with Crippen molar-refractivity contribution in [3.63, 3.8) is 0 Å². The van der Waals surface area contributed by atoms with Gasteiger partial charge in [-0.3, -0.25) is 0 Å². The Balaban J connectivity index is 2.70. The Morgan fingerprint density at radius 2 is 1.61 bits per heavy atom. The maximum absolute atomic E-state index is 12.6. The van der Waals surface area contributed by atoms with Crippen molar-refractivity contribution in [2.24, 2.45) is 7.05 Å². The molecule has 0 N–H and O–H groups in total. The molecule has 0 aliphatic heterocycles. The fourth-order valence-corrected chi connectivity index (χ4v) is 2.41. The third kappa shape index (κ3) is 3.06. The van der Waals surface area contributed by atoms with E-state index in [0.29, 0.717) is 11.3 Å². The third-order valence-electron chi connectivity index (χ3n) is 3.35. The van der Waals surface area contributed by atoms with Gasteiger partial charge in [0.15, 0.2) is 0 Å². The molecule has 122 valence electrons. The van der Waals surface area contributed by atoms with Crippen LogP contribution in [0.15, 0.2) is 30.3 Å². The zero-order valence-corrected chi connectivity index (χ0v) is 13.3. The van der Waals surface area contributed by atoms with Crippen molar-refractivity contribution >= 4 is 11.9 Å². The van der Waals surface area contributed by atoms with Crippen LogP contribution >= 0.6 is 0 Å². The van der Waals surface area contributed by atoms with E-state index in [4.69, 9.17) is 9.47 Å². The topological polar surface area (TPSA) is 80.6 Å². The smallest absolute Gasteiger partial charge is 0.354 e. The monoisotopic (exact) mass is 316 g/mol. The van der Waals surface area contributed by atoms with Gasteiger partial charge in [0, 0.05) is 7.05 Å². The minimum atomic E-state index is -0.757. The number of hydrogen-bond donors (Lipinski definition) is 0. The highest BCUT2D eigenvalue weighted by Gasteiger charge is 2.26. The van der Waals surface area contributed by atoms with Crippen LogP contribution in [0.1, 0.15) is 34.7 Å². The number of carbonyl (C=O) groups excluding carboxylic acids is 2. The van der Waals surface area contributed by atoms with Gasteiger partial charge < -0.3 is 19.1 Å². The van der Waals surface area contributed by atoms with Gasteiger partial charge in [-0.2, -0.15) is 0 Å². The van der Waals surface area contributed by atoms with E-state index in [1.54, 1.807) is 45.2 Å². The molecule has 6 nitrogen and oxygen atoms in total. The highest BCUT2D eigenvalue weighted by atomic mass is 16.5. The summed E-state index contributed by atoms with van der Waals surface area (Å²) < 4.78 is 11.3. The first-order valence-electron chi connectivity index (χ1n) is 7.32. The lowest BCUT2D eigenvalue weighted by molar-refractivity contribution is -0.269. The van der Waals surface area contributed by atoms with Crippen LogP contribution in [-0.4, -0.2) is 29.7 Å². The first-order chi connectivity index (χ1) is 11.0. The Bertz CT molecular complexity index is 718. The maximum atomic E-state index is 12.6. The molecule has 0 saturated carbocycles. The van der Waals surface area contributed by atoms with E-state index >= 15 is 0 Å². The summed E-state index contributed by atoms with van der Waals surface area (Å²) >= 11 is 0. The van der Waals surface area contributed by atoms with Crippen molar-refractivity contribution in [1.29, 1.82) is 0 Å². The van der Waals surface area contributed by atoms with E-state index in [2.05, 4.69) is 0 Å². The molecule has 0 radical (unpaired) electrons. The minimum absolute atomic E-state index is 0.135. The van der Waals surface area contributed by atoms with Crippen molar-refractivity contribution in [3.8, 4) is 17.0 Å². The van der Waals surface area contributed by atoms with Crippen LogP contribution in [0.4, 0.5) is 0 Å². The standard InChI is InChI=1S/C17H19NO5/c1-4-22-16(20)12-13(11-9-7-6-8-10-11)18(3)14(15(12)19)17(21)23-5-2/h6-10,19H,4-5H2,1-3H3/p-1. The zero-order valence-electron chi connectivity index (χ0n) is 13.3. The fraction of sp³-hybridized carbons (Fsp3) is 0.294. The maximum Gasteiger partial charge on any atom is 0.354 e. The van der Waals surface area contributed by atoms with Crippen molar-refractivity contribution in [2.45, 2.75) is 13.8 Å². The van der Waals surface area contributed by atoms with Gasteiger partial charge in [0.05, 0.1) is 24.5 Å². The van der Waals surface area contributed by atoms with Crippen molar-refractivity contribution < 1.29 is 24.2 Å². The summed E-state index contributed by atoms with van der Waals surface area (Å²) in [5.41, 5.74) is 0.653. The number of benzene rings is 1. The molecule has 0 aliphatic rings. The van der Waals surface area contributed by atoms with Crippen LogP contribution in [0.5, 0.6) is 5.75 Å². The molecule has 0 aliphatic carbocycles. The number of rotatable bonds is 5. The van der Waals surface area contributed by atoms with Crippen LogP contribution in [-0.2, 0) is 16.5 Å². The van der Waals surface area contributed by atoms with Crippen LogP contribution in [0.2, 0.25) is 0 Å². The SMILES string of the molecule is CCOC(=O)c1c([O-])c(C(=O)OCC)n(C)c1-c1ccccc1. The zero-order chi connectivity index (χ0) is 17.0. The summed E-state index contributed by atoms with van der Waals surface area (Å²) in [5, 5.41) is 12.6. The molecule has 1 heterocycles. The molecule has 0 fully saturated rings. The summed E-state index contributed by atoms with van der Waals surface area (Å²) in [7, 11) is 1.55. The van der Waals surface area contributed by atoms with Crippen molar-refractivity contribution in [1.82, 2.24) is 4.57 Å². The Hall–Kier alpha value is -2.76. The molecule has 0 bridgehead atoms. The number of aromatic nitrogens is 1. The quantitative estimate of drug-likeness (QED) is 0.789. The van der Waals surface area contributed by atoms with Gasteiger partial charge in [-0.25, -0.2) is 9.59 Å². The number of carbonyl (C=O) groups is 2. The molecule has 23 heavy (non-hydrogen) atoms. The highest BCUT2D eigenvalue weighted by molar-refractivity contribution is 6.05. The van der Waals surface area contributed by atoms with E-state index in [-0.39, 0.29) is 24.5 Å². The van der Waals surface area contributed by atoms with E-state index in [1.807, 2.05) is 6.07 Å². The van der Waals surface area contributed by atoms with Gasteiger partial charge in [0.1, 0.15) is 5.69 Å². The molecule has 2 rings (SSSR count). The molecule has 0 atom stereocenters. The molecule has 0 spiro atoms. The number of hydrogen-bond acceptors (Lipinski definition) is 5. The highest BCUT2D eigenvalue weighted by Crippen LogP contribution is 2.35. The summed E-state index contributed by atoms with van der Waals surface area (Å²) in [5.74, 6) is -2.18. The number of ether oxygens (including phenoxy) is 2. The number of nitrogens with zero attached hydrogens (tertiary/aromatic N) is 1. The van der Waals surface area contributed by atoms with Crippen LogP contribution in [0.25, 0.3) is 11.3 Å².